The van der Waals surface area contributed by atoms with Gasteiger partial charge in [0.1, 0.15) is 6.04 Å². The SMILES string of the molecule is CNC(=O)C1CN(C)CCN1C(C)(C)C. The first-order chi connectivity index (χ1) is 6.86. The third-order valence-corrected chi connectivity index (χ3v) is 2.99. The maximum absolute atomic E-state index is 11.8. The molecule has 0 aromatic heterocycles. The van der Waals surface area contributed by atoms with Crippen molar-refractivity contribution in [2.75, 3.05) is 33.7 Å². The van der Waals surface area contributed by atoms with Gasteiger partial charge in [-0.2, -0.15) is 0 Å². The van der Waals surface area contributed by atoms with Crippen molar-refractivity contribution in [3.8, 4) is 0 Å². The van der Waals surface area contributed by atoms with Gasteiger partial charge >= 0.3 is 0 Å². The number of nitrogens with zero attached hydrogens (tertiary/aromatic N) is 2. The Kier molecular flexibility index (Phi) is 3.73. The molecule has 0 radical (unpaired) electrons. The number of rotatable bonds is 1. The molecule has 1 aliphatic rings. The Balaban J connectivity index is 2.80. The van der Waals surface area contributed by atoms with E-state index < -0.39 is 0 Å². The van der Waals surface area contributed by atoms with Gasteiger partial charge in [-0.3, -0.25) is 9.69 Å². The zero-order valence-corrected chi connectivity index (χ0v) is 10.5. The fraction of sp³-hybridized carbons (Fsp3) is 0.909. The van der Waals surface area contributed by atoms with E-state index in [1.807, 2.05) is 0 Å². The second-order valence-corrected chi connectivity index (χ2v) is 5.26. The van der Waals surface area contributed by atoms with Crippen LogP contribution in [0, 0.1) is 0 Å². The molecule has 4 heteroatoms. The third kappa shape index (κ3) is 2.92. The molecule has 4 nitrogen and oxygen atoms in total. The summed E-state index contributed by atoms with van der Waals surface area (Å²) in [5.41, 5.74) is 0.0540. The van der Waals surface area contributed by atoms with Crippen molar-refractivity contribution >= 4 is 5.91 Å². The van der Waals surface area contributed by atoms with Gasteiger partial charge in [-0.05, 0) is 27.8 Å². The Morgan fingerprint density at radius 1 is 1.33 bits per heavy atom. The molecule has 0 aliphatic carbocycles. The molecule has 1 aliphatic heterocycles. The van der Waals surface area contributed by atoms with E-state index in [0.717, 1.165) is 19.6 Å². The second-order valence-electron chi connectivity index (χ2n) is 5.26. The van der Waals surface area contributed by atoms with Crippen molar-refractivity contribution in [1.29, 1.82) is 0 Å². The molecule has 0 bridgehead atoms. The molecule has 1 rings (SSSR count). The van der Waals surface area contributed by atoms with Crippen molar-refractivity contribution < 1.29 is 4.79 Å². The quantitative estimate of drug-likeness (QED) is 0.673. The number of amides is 1. The lowest BCUT2D eigenvalue weighted by Gasteiger charge is -2.46. The molecule has 0 spiro atoms. The number of hydrogen-bond donors (Lipinski definition) is 1. The van der Waals surface area contributed by atoms with E-state index in [0.29, 0.717) is 0 Å². The number of nitrogens with one attached hydrogen (secondary N) is 1. The van der Waals surface area contributed by atoms with Crippen molar-refractivity contribution in [1.82, 2.24) is 15.1 Å². The number of hydrogen-bond acceptors (Lipinski definition) is 3. The molecule has 1 fully saturated rings. The lowest BCUT2D eigenvalue weighted by molar-refractivity contribution is -0.131. The molecule has 1 atom stereocenters. The highest BCUT2D eigenvalue weighted by Crippen LogP contribution is 2.20. The number of likely N-dealkylation sites (N-methyl/N-ethyl adjacent to an activating group) is 2. The Morgan fingerprint density at radius 2 is 1.93 bits per heavy atom. The molecule has 1 saturated heterocycles. The van der Waals surface area contributed by atoms with Crippen molar-refractivity contribution in [3.05, 3.63) is 0 Å². The second kappa shape index (κ2) is 4.49. The fourth-order valence-corrected chi connectivity index (χ4v) is 2.11. The highest BCUT2D eigenvalue weighted by molar-refractivity contribution is 5.82. The van der Waals surface area contributed by atoms with Crippen LogP contribution in [-0.2, 0) is 4.79 Å². The monoisotopic (exact) mass is 213 g/mol. The van der Waals surface area contributed by atoms with E-state index in [1.165, 1.54) is 0 Å². The van der Waals surface area contributed by atoms with E-state index in [-0.39, 0.29) is 17.5 Å². The van der Waals surface area contributed by atoms with Crippen LogP contribution in [0.1, 0.15) is 20.8 Å². The maximum Gasteiger partial charge on any atom is 0.238 e. The Bertz CT molecular complexity index is 234. The zero-order valence-electron chi connectivity index (χ0n) is 10.5. The summed E-state index contributed by atoms with van der Waals surface area (Å²) in [6.07, 6.45) is 0. The first-order valence-corrected chi connectivity index (χ1v) is 5.53. The fourth-order valence-electron chi connectivity index (χ4n) is 2.11. The topological polar surface area (TPSA) is 35.6 Å². The van der Waals surface area contributed by atoms with E-state index in [4.69, 9.17) is 0 Å². The molecule has 1 unspecified atom stereocenters. The molecule has 0 aromatic rings. The maximum atomic E-state index is 11.8. The van der Waals surface area contributed by atoms with Gasteiger partial charge in [-0.25, -0.2) is 0 Å². The number of piperazine rings is 1. The number of carbonyl (C=O) groups is 1. The predicted molar refractivity (Wildman–Crippen MR) is 61.8 cm³/mol. The molecular formula is C11H23N3O. The summed E-state index contributed by atoms with van der Waals surface area (Å²) in [4.78, 5) is 16.3. The number of carbonyl (C=O) groups excluding carboxylic acids is 1. The van der Waals surface area contributed by atoms with E-state index in [2.05, 4.69) is 42.9 Å². The molecule has 0 saturated carbocycles. The van der Waals surface area contributed by atoms with E-state index >= 15 is 0 Å². The first-order valence-electron chi connectivity index (χ1n) is 5.53. The Morgan fingerprint density at radius 3 is 2.40 bits per heavy atom. The van der Waals surface area contributed by atoms with Crippen LogP contribution >= 0.6 is 0 Å². The van der Waals surface area contributed by atoms with E-state index in [1.54, 1.807) is 7.05 Å². The summed E-state index contributed by atoms with van der Waals surface area (Å²) in [5.74, 6) is 0.122. The Labute approximate surface area is 92.6 Å². The average Bonchev–Trinajstić information content (AvgIpc) is 2.14. The summed E-state index contributed by atoms with van der Waals surface area (Å²) in [7, 11) is 3.77. The van der Waals surface area contributed by atoms with Gasteiger partial charge < -0.3 is 10.2 Å². The van der Waals surface area contributed by atoms with Crippen molar-refractivity contribution in [3.63, 3.8) is 0 Å². The minimum absolute atomic E-state index is 0.0197. The van der Waals surface area contributed by atoms with Crippen molar-refractivity contribution in [2.45, 2.75) is 32.4 Å². The van der Waals surface area contributed by atoms with Gasteiger partial charge in [0.25, 0.3) is 0 Å². The van der Waals surface area contributed by atoms with Crippen molar-refractivity contribution in [2.24, 2.45) is 0 Å². The summed E-state index contributed by atoms with van der Waals surface area (Å²) < 4.78 is 0. The summed E-state index contributed by atoms with van der Waals surface area (Å²) in [6.45, 7) is 9.29. The minimum atomic E-state index is -0.0197. The first kappa shape index (κ1) is 12.5. The smallest absolute Gasteiger partial charge is 0.238 e. The van der Waals surface area contributed by atoms with Crippen LogP contribution in [0.2, 0.25) is 0 Å². The summed E-state index contributed by atoms with van der Waals surface area (Å²) >= 11 is 0. The highest BCUT2D eigenvalue weighted by atomic mass is 16.2. The van der Waals surface area contributed by atoms with Crippen LogP contribution in [0.3, 0.4) is 0 Å². The molecule has 0 aromatic carbocycles. The predicted octanol–water partition coefficient (Wildman–Crippen LogP) is 0.147. The van der Waals surface area contributed by atoms with Gasteiger partial charge in [-0.1, -0.05) is 0 Å². The molecule has 1 N–H and O–H groups in total. The van der Waals surface area contributed by atoms with E-state index in [9.17, 15) is 4.79 Å². The molecule has 1 heterocycles. The highest BCUT2D eigenvalue weighted by Gasteiger charge is 2.36. The van der Waals surface area contributed by atoms with Gasteiger partial charge in [0.05, 0.1) is 0 Å². The lowest BCUT2D eigenvalue weighted by Crippen LogP contribution is -2.62. The molecule has 15 heavy (non-hydrogen) atoms. The standard InChI is InChI=1S/C11H23N3O/c1-11(2,3)14-7-6-13(5)8-9(14)10(15)12-4/h9H,6-8H2,1-5H3,(H,12,15). The van der Waals surface area contributed by atoms with Gasteiger partial charge in [0.2, 0.25) is 5.91 Å². The van der Waals surface area contributed by atoms with Gasteiger partial charge in [0, 0.05) is 32.2 Å². The summed E-state index contributed by atoms with van der Waals surface area (Å²) in [5, 5.41) is 2.75. The average molecular weight is 213 g/mol. The lowest BCUT2D eigenvalue weighted by atomic mass is 10.00. The third-order valence-electron chi connectivity index (χ3n) is 2.99. The van der Waals surface area contributed by atoms with Gasteiger partial charge in [0.15, 0.2) is 0 Å². The molecular weight excluding hydrogens is 190 g/mol. The molecule has 88 valence electrons. The minimum Gasteiger partial charge on any atom is -0.358 e. The molecule has 1 amide bonds. The van der Waals surface area contributed by atoms with Crippen LogP contribution in [0.15, 0.2) is 0 Å². The van der Waals surface area contributed by atoms with Crippen LogP contribution in [0.5, 0.6) is 0 Å². The van der Waals surface area contributed by atoms with Crippen LogP contribution in [-0.4, -0.2) is 61.0 Å². The normalized spacial score (nSPS) is 25.3. The largest absolute Gasteiger partial charge is 0.358 e. The van der Waals surface area contributed by atoms with Crippen LogP contribution in [0.4, 0.5) is 0 Å². The van der Waals surface area contributed by atoms with Crippen LogP contribution in [0.25, 0.3) is 0 Å². The Hall–Kier alpha value is -0.610. The zero-order chi connectivity index (χ0) is 11.6. The van der Waals surface area contributed by atoms with Gasteiger partial charge in [-0.15, -0.1) is 0 Å². The summed E-state index contributed by atoms with van der Waals surface area (Å²) in [6, 6.07) is -0.0197. The van der Waals surface area contributed by atoms with Crippen LogP contribution < -0.4 is 5.32 Å².